The molecule has 6 heteroatoms. The Bertz CT molecular complexity index is 287. The highest BCUT2D eigenvalue weighted by Crippen LogP contribution is 2.01. The molecule has 2 heterocycles. The van der Waals surface area contributed by atoms with Gasteiger partial charge in [0.1, 0.15) is 0 Å². The van der Waals surface area contributed by atoms with Crippen LogP contribution in [0.15, 0.2) is 0 Å². The average molecular weight is 357 g/mol. The van der Waals surface area contributed by atoms with Crippen LogP contribution in [0.1, 0.15) is 19.3 Å². The van der Waals surface area contributed by atoms with Crippen LogP contribution in [0.5, 0.6) is 0 Å². The lowest BCUT2D eigenvalue weighted by Crippen LogP contribution is -2.45. The lowest BCUT2D eigenvalue weighted by Gasteiger charge is -2.32. The normalized spacial score (nSPS) is 21.8. The smallest absolute Gasteiger partial charge is 0.0593 e. The molecular weight excluding hydrogens is 316 g/mol. The number of hydrogen-bond acceptors (Lipinski definition) is 6. The molecule has 148 valence electrons. The van der Waals surface area contributed by atoms with Crippen LogP contribution in [0.2, 0.25) is 0 Å². The molecule has 0 amide bonds. The third kappa shape index (κ3) is 9.87. The van der Waals surface area contributed by atoms with Crippen molar-refractivity contribution in [1.29, 1.82) is 0 Å². The topological polar surface area (TPSA) is 31.4 Å². The van der Waals surface area contributed by atoms with E-state index >= 15 is 0 Å². The molecular formula is C19H40N4O2. The highest BCUT2D eigenvalue weighted by molar-refractivity contribution is 4.69. The Morgan fingerprint density at radius 3 is 1.32 bits per heavy atom. The maximum atomic E-state index is 5.77. The Hall–Kier alpha value is -0.240. The second-order valence-electron chi connectivity index (χ2n) is 7.58. The molecule has 0 atom stereocenters. The lowest BCUT2D eigenvalue weighted by molar-refractivity contribution is 0.0718. The third-order valence-corrected chi connectivity index (χ3v) is 5.37. The van der Waals surface area contributed by atoms with Crippen LogP contribution in [-0.4, -0.2) is 126 Å². The molecule has 0 saturated carbocycles. The number of nitrogens with zero attached hydrogens (tertiary/aromatic N) is 4. The molecule has 2 aliphatic rings. The van der Waals surface area contributed by atoms with Crippen LogP contribution >= 0.6 is 0 Å². The summed E-state index contributed by atoms with van der Waals surface area (Å²) in [6.07, 6.45) is 3.53. The summed E-state index contributed by atoms with van der Waals surface area (Å²) in [6.45, 7) is 15.2. The molecule has 0 N–H and O–H groups in total. The first-order chi connectivity index (χ1) is 12.2. The summed E-state index contributed by atoms with van der Waals surface area (Å²) in [5.74, 6) is 0. The molecule has 2 fully saturated rings. The van der Waals surface area contributed by atoms with Crippen molar-refractivity contribution in [2.45, 2.75) is 19.3 Å². The van der Waals surface area contributed by atoms with Crippen LogP contribution in [0.25, 0.3) is 0 Å². The van der Waals surface area contributed by atoms with Gasteiger partial charge in [0.25, 0.3) is 0 Å². The van der Waals surface area contributed by atoms with Gasteiger partial charge in [-0.3, -0.25) is 9.80 Å². The molecule has 0 aliphatic carbocycles. The van der Waals surface area contributed by atoms with E-state index in [2.05, 4.69) is 33.7 Å². The highest BCUT2D eigenvalue weighted by atomic mass is 16.5. The molecule has 0 radical (unpaired) electrons. The van der Waals surface area contributed by atoms with Crippen LogP contribution in [0, 0.1) is 0 Å². The van der Waals surface area contributed by atoms with Gasteiger partial charge in [-0.2, -0.15) is 0 Å². The third-order valence-electron chi connectivity index (χ3n) is 5.37. The van der Waals surface area contributed by atoms with Crippen molar-refractivity contribution in [2.75, 3.05) is 106 Å². The number of piperazine rings is 2. The van der Waals surface area contributed by atoms with E-state index in [-0.39, 0.29) is 0 Å². The van der Waals surface area contributed by atoms with E-state index in [4.69, 9.17) is 9.47 Å². The minimum absolute atomic E-state index is 0.880. The summed E-state index contributed by atoms with van der Waals surface area (Å²) in [5.41, 5.74) is 0. The molecule has 0 spiro atoms. The van der Waals surface area contributed by atoms with Gasteiger partial charge >= 0.3 is 0 Å². The molecule has 2 rings (SSSR count). The molecule has 0 aromatic rings. The summed E-state index contributed by atoms with van der Waals surface area (Å²) in [6, 6.07) is 0. The molecule has 2 saturated heterocycles. The zero-order chi connectivity index (χ0) is 17.7. The number of ether oxygens (including phenoxy) is 2. The van der Waals surface area contributed by atoms with E-state index in [1.165, 1.54) is 58.8 Å². The summed E-state index contributed by atoms with van der Waals surface area (Å²) in [5, 5.41) is 0. The van der Waals surface area contributed by atoms with Gasteiger partial charge in [0.2, 0.25) is 0 Å². The average Bonchev–Trinajstić information content (AvgIpc) is 2.63. The fourth-order valence-electron chi connectivity index (χ4n) is 3.32. The van der Waals surface area contributed by atoms with E-state index in [1.54, 1.807) is 0 Å². The monoisotopic (exact) mass is 356 g/mol. The van der Waals surface area contributed by atoms with Gasteiger partial charge in [0.15, 0.2) is 0 Å². The molecule has 0 aromatic carbocycles. The van der Waals surface area contributed by atoms with Gasteiger partial charge in [0.05, 0.1) is 13.2 Å². The first-order valence-corrected chi connectivity index (χ1v) is 10.2. The zero-order valence-corrected chi connectivity index (χ0v) is 16.6. The van der Waals surface area contributed by atoms with E-state index in [0.717, 1.165) is 52.4 Å². The molecule has 0 unspecified atom stereocenters. The molecule has 0 bridgehead atoms. The van der Waals surface area contributed by atoms with Crippen molar-refractivity contribution in [2.24, 2.45) is 0 Å². The fraction of sp³-hybridized carbons (Fsp3) is 1.00. The van der Waals surface area contributed by atoms with Crippen LogP contribution in [0.3, 0.4) is 0 Å². The zero-order valence-electron chi connectivity index (χ0n) is 16.6. The predicted molar refractivity (Wildman–Crippen MR) is 103 cm³/mol. The van der Waals surface area contributed by atoms with Crippen LogP contribution < -0.4 is 0 Å². The Labute approximate surface area is 155 Å². The lowest BCUT2D eigenvalue weighted by atomic mass is 10.2. The van der Waals surface area contributed by atoms with Gasteiger partial charge in [-0.25, -0.2) is 0 Å². The number of rotatable bonds is 12. The van der Waals surface area contributed by atoms with Crippen molar-refractivity contribution in [1.82, 2.24) is 19.6 Å². The first kappa shape index (κ1) is 21.1. The summed E-state index contributed by atoms with van der Waals surface area (Å²) >= 11 is 0. The van der Waals surface area contributed by atoms with Crippen molar-refractivity contribution >= 4 is 0 Å². The number of hydrogen-bond donors (Lipinski definition) is 0. The van der Waals surface area contributed by atoms with Crippen molar-refractivity contribution in [3.8, 4) is 0 Å². The maximum Gasteiger partial charge on any atom is 0.0593 e. The SMILES string of the molecule is CN1CCN(CCOCCCCCOCCN2CCN(C)CC2)CC1. The first-order valence-electron chi connectivity index (χ1n) is 10.2. The van der Waals surface area contributed by atoms with Gasteiger partial charge in [-0.05, 0) is 33.4 Å². The second-order valence-corrected chi connectivity index (χ2v) is 7.58. The number of likely N-dealkylation sites (N-methyl/N-ethyl adjacent to an activating group) is 2. The molecule has 6 nitrogen and oxygen atoms in total. The minimum Gasteiger partial charge on any atom is -0.380 e. The minimum atomic E-state index is 0.880. The van der Waals surface area contributed by atoms with Gasteiger partial charge in [-0.1, -0.05) is 0 Å². The van der Waals surface area contributed by atoms with Crippen molar-refractivity contribution in [3.63, 3.8) is 0 Å². The Morgan fingerprint density at radius 2 is 0.920 bits per heavy atom. The van der Waals surface area contributed by atoms with Gasteiger partial charge in [0, 0.05) is 78.7 Å². The molecule has 25 heavy (non-hydrogen) atoms. The Balaban J connectivity index is 1.28. The van der Waals surface area contributed by atoms with Gasteiger partial charge < -0.3 is 19.3 Å². The van der Waals surface area contributed by atoms with Crippen molar-refractivity contribution < 1.29 is 9.47 Å². The van der Waals surface area contributed by atoms with E-state index in [1.807, 2.05) is 0 Å². The molecule has 0 aromatic heterocycles. The summed E-state index contributed by atoms with van der Waals surface area (Å²) < 4.78 is 11.5. The highest BCUT2D eigenvalue weighted by Gasteiger charge is 2.13. The van der Waals surface area contributed by atoms with Crippen LogP contribution in [0.4, 0.5) is 0 Å². The predicted octanol–water partition coefficient (Wildman–Crippen LogP) is 0.685. The fourth-order valence-corrected chi connectivity index (χ4v) is 3.32. The van der Waals surface area contributed by atoms with Crippen LogP contribution in [-0.2, 0) is 9.47 Å². The van der Waals surface area contributed by atoms with E-state index in [9.17, 15) is 0 Å². The van der Waals surface area contributed by atoms with E-state index in [0.29, 0.717) is 0 Å². The Morgan fingerprint density at radius 1 is 0.520 bits per heavy atom. The van der Waals surface area contributed by atoms with Crippen molar-refractivity contribution in [3.05, 3.63) is 0 Å². The summed E-state index contributed by atoms with van der Waals surface area (Å²) in [7, 11) is 4.40. The summed E-state index contributed by atoms with van der Waals surface area (Å²) in [4.78, 5) is 9.80. The molecule has 2 aliphatic heterocycles. The van der Waals surface area contributed by atoms with E-state index < -0.39 is 0 Å². The second kappa shape index (κ2) is 13.0. The maximum absolute atomic E-state index is 5.77. The standard InChI is InChI=1S/C19H40N4O2/c1-20-6-10-22(11-7-20)14-18-24-16-4-3-5-17-25-19-15-23-12-8-21(2)9-13-23/h3-19H2,1-2H3. The number of unbranched alkanes of at least 4 members (excludes halogenated alkanes) is 2. The quantitative estimate of drug-likeness (QED) is 0.478. The van der Waals surface area contributed by atoms with Gasteiger partial charge in [-0.15, -0.1) is 0 Å². The largest absolute Gasteiger partial charge is 0.380 e. The Kier molecular flexibility index (Phi) is 11.0.